The lowest BCUT2D eigenvalue weighted by atomic mass is 10.3. The molecule has 0 saturated heterocycles. The first kappa shape index (κ1) is 12.0. The molecular weight excluding hydrogens is 200 g/mol. The minimum absolute atomic E-state index is 0.188. The lowest BCUT2D eigenvalue weighted by molar-refractivity contribution is -0.150. The van der Waals surface area contributed by atoms with Crippen molar-refractivity contribution in [3.05, 3.63) is 0 Å². The summed E-state index contributed by atoms with van der Waals surface area (Å²) in [6.45, 7) is 3.78. The molecule has 1 N–H and O–H groups in total. The molecule has 3 atom stereocenters. The highest BCUT2D eigenvalue weighted by Gasteiger charge is 2.60. The number of hydrogen-bond donors (Lipinski definition) is 1. The van der Waals surface area contributed by atoms with Crippen LogP contribution < -0.4 is 0 Å². The van der Waals surface area contributed by atoms with Crippen LogP contribution in [0.25, 0.3) is 0 Å². The first-order chi connectivity index (χ1) is 7.17. The van der Waals surface area contributed by atoms with Crippen molar-refractivity contribution in [1.29, 1.82) is 0 Å². The molecule has 0 aromatic heterocycles. The van der Waals surface area contributed by atoms with Crippen LogP contribution in [0, 0.1) is 17.8 Å². The van der Waals surface area contributed by atoms with Gasteiger partial charge in [0.15, 0.2) is 0 Å². The van der Waals surface area contributed by atoms with Crippen LogP contribution in [0.3, 0.4) is 0 Å². The second-order valence-electron chi connectivity index (χ2n) is 3.40. The van der Waals surface area contributed by atoms with E-state index in [0.717, 1.165) is 0 Å². The van der Waals surface area contributed by atoms with E-state index in [1.165, 1.54) is 0 Å². The summed E-state index contributed by atoms with van der Waals surface area (Å²) in [7, 11) is 0. The summed E-state index contributed by atoms with van der Waals surface area (Å²) in [5, 5.41) is 8.97. The second kappa shape index (κ2) is 5.11. The zero-order valence-corrected chi connectivity index (χ0v) is 8.93. The Labute approximate surface area is 88.4 Å². The van der Waals surface area contributed by atoms with E-state index in [9.17, 15) is 9.59 Å². The van der Waals surface area contributed by atoms with Gasteiger partial charge in [-0.3, -0.25) is 9.59 Å². The Morgan fingerprint density at radius 1 is 1.07 bits per heavy atom. The maximum Gasteiger partial charge on any atom is 0.310 e. The number of aliphatic hydroxyl groups is 1. The predicted octanol–water partition coefficient (Wildman–Crippen LogP) is -0.0329. The standard InChI is InChI=1S/C10H16O5/c1-3-14-9(12)7-6(5-11)8(7)10(13)15-4-2/h6-8,11H,3-5H2,1-2H3/t6?,7-,8+. The molecule has 5 nitrogen and oxygen atoms in total. The van der Waals surface area contributed by atoms with Crippen LogP contribution in [0.2, 0.25) is 0 Å². The molecule has 0 bridgehead atoms. The van der Waals surface area contributed by atoms with Crippen LogP contribution in [-0.4, -0.2) is 36.9 Å². The highest BCUT2D eigenvalue weighted by Crippen LogP contribution is 2.47. The molecule has 1 saturated carbocycles. The number of hydrogen-bond acceptors (Lipinski definition) is 5. The first-order valence-corrected chi connectivity index (χ1v) is 5.11. The molecule has 1 aliphatic carbocycles. The smallest absolute Gasteiger partial charge is 0.310 e. The maximum absolute atomic E-state index is 11.4. The molecule has 86 valence electrons. The highest BCUT2D eigenvalue weighted by atomic mass is 16.5. The van der Waals surface area contributed by atoms with E-state index in [4.69, 9.17) is 14.6 Å². The number of carbonyl (C=O) groups excluding carboxylic acids is 2. The van der Waals surface area contributed by atoms with Gasteiger partial charge in [-0.2, -0.15) is 0 Å². The lowest BCUT2D eigenvalue weighted by Crippen LogP contribution is -2.13. The van der Waals surface area contributed by atoms with Crippen molar-refractivity contribution >= 4 is 11.9 Å². The molecule has 0 spiro atoms. The molecule has 1 rings (SSSR count). The van der Waals surface area contributed by atoms with Crippen LogP contribution in [0.15, 0.2) is 0 Å². The van der Waals surface area contributed by atoms with Gasteiger partial charge in [-0.05, 0) is 13.8 Å². The minimum atomic E-state index is -0.519. The van der Waals surface area contributed by atoms with Gasteiger partial charge in [-0.1, -0.05) is 0 Å². The van der Waals surface area contributed by atoms with Gasteiger partial charge in [0.2, 0.25) is 0 Å². The number of aliphatic hydroxyl groups excluding tert-OH is 1. The van der Waals surface area contributed by atoms with Crippen LogP contribution in [-0.2, 0) is 19.1 Å². The third-order valence-electron chi connectivity index (χ3n) is 2.50. The number of rotatable bonds is 5. The van der Waals surface area contributed by atoms with Gasteiger partial charge in [0.25, 0.3) is 0 Å². The van der Waals surface area contributed by atoms with Gasteiger partial charge >= 0.3 is 11.9 Å². The molecule has 0 amide bonds. The molecule has 15 heavy (non-hydrogen) atoms. The molecule has 0 aliphatic heterocycles. The SMILES string of the molecule is CCOC(=O)[C@@H]1C(CO)[C@@H]1C(=O)OCC. The van der Waals surface area contributed by atoms with E-state index in [1.807, 2.05) is 0 Å². The van der Waals surface area contributed by atoms with Crippen molar-refractivity contribution < 1.29 is 24.2 Å². The van der Waals surface area contributed by atoms with Gasteiger partial charge in [0.05, 0.1) is 25.0 Å². The third kappa shape index (κ3) is 2.47. The summed E-state index contributed by atoms with van der Waals surface area (Å²) in [5.74, 6) is -2.21. The fourth-order valence-electron chi connectivity index (χ4n) is 1.72. The number of esters is 2. The van der Waals surface area contributed by atoms with E-state index in [2.05, 4.69) is 0 Å². The van der Waals surface area contributed by atoms with Gasteiger partial charge in [-0.25, -0.2) is 0 Å². The fourth-order valence-corrected chi connectivity index (χ4v) is 1.72. The summed E-state index contributed by atoms with van der Waals surface area (Å²) in [4.78, 5) is 22.7. The fraction of sp³-hybridized carbons (Fsp3) is 0.800. The van der Waals surface area contributed by atoms with Gasteiger partial charge in [-0.15, -0.1) is 0 Å². The highest BCUT2D eigenvalue weighted by molar-refractivity contribution is 5.88. The van der Waals surface area contributed by atoms with Crippen molar-refractivity contribution in [3.8, 4) is 0 Å². The summed E-state index contributed by atoms with van der Waals surface area (Å²) < 4.78 is 9.60. The summed E-state index contributed by atoms with van der Waals surface area (Å²) >= 11 is 0. The summed E-state index contributed by atoms with van der Waals surface area (Å²) in [5.41, 5.74) is 0. The molecule has 0 heterocycles. The minimum Gasteiger partial charge on any atom is -0.466 e. The Balaban J connectivity index is 2.53. The Morgan fingerprint density at radius 2 is 1.47 bits per heavy atom. The Bertz CT molecular complexity index is 226. The van der Waals surface area contributed by atoms with E-state index in [0.29, 0.717) is 0 Å². The van der Waals surface area contributed by atoms with E-state index < -0.39 is 23.8 Å². The van der Waals surface area contributed by atoms with E-state index in [-0.39, 0.29) is 25.7 Å². The topological polar surface area (TPSA) is 72.8 Å². The van der Waals surface area contributed by atoms with Crippen LogP contribution in [0.1, 0.15) is 13.8 Å². The summed E-state index contributed by atoms with van der Waals surface area (Å²) in [6.07, 6.45) is 0. The molecule has 0 aromatic carbocycles. The number of carbonyl (C=O) groups is 2. The molecule has 1 fully saturated rings. The number of ether oxygens (including phenoxy) is 2. The van der Waals surface area contributed by atoms with Crippen molar-refractivity contribution in [3.63, 3.8) is 0 Å². The average molecular weight is 216 g/mol. The van der Waals surface area contributed by atoms with E-state index in [1.54, 1.807) is 13.8 Å². The Hall–Kier alpha value is -1.10. The molecule has 0 aromatic rings. The molecule has 1 unspecified atom stereocenters. The van der Waals surface area contributed by atoms with Crippen LogP contribution in [0.4, 0.5) is 0 Å². The molecule has 5 heteroatoms. The van der Waals surface area contributed by atoms with Crippen molar-refractivity contribution in [1.82, 2.24) is 0 Å². The van der Waals surface area contributed by atoms with Crippen molar-refractivity contribution in [2.24, 2.45) is 17.8 Å². The quantitative estimate of drug-likeness (QED) is 0.653. The summed E-state index contributed by atoms with van der Waals surface area (Å²) in [6, 6.07) is 0. The lowest BCUT2D eigenvalue weighted by Gasteiger charge is -2.00. The van der Waals surface area contributed by atoms with Crippen molar-refractivity contribution in [2.75, 3.05) is 19.8 Å². The Morgan fingerprint density at radius 3 is 1.73 bits per heavy atom. The normalized spacial score (nSPS) is 28.3. The predicted molar refractivity (Wildman–Crippen MR) is 50.8 cm³/mol. The van der Waals surface area contributed by atoms with Crippen molar-refractivity contribution in [2.45, 2.75) is 13.8 Å². The van der Waals surface area contributed by atoms with Crippen LogP contribution >= 0.6 is 0 Å². The first-order valence-electron chi connectivity index (χ1n) is 5.11. The van der Waals surface area contributed by atoms with Crippen LogP contribution in [0.5, 0.6) is 0 Å². The second-order valence-corrected chi connectivity index (χ2v) is 3.40. The third-order valence-corrected chi connectivity index (χ3v) is 2.50. The zero-order chi connectivity index (χ0) is 11.4. The largest absolute Gasteiger partial charge is 0.466 e. The molecule has 0 radical (unpaired) electrons. The zero-order valence-electron chi connectivity index (χ0n) is 8.93. The average Bonchev–Trinajstić information content (AvgIpc) is 2.92. The van der Waals surface area contributed by atoms with Gasteiger partial charge in [0.1, 0.15) is 0 Å². The molecular formula is C10H16O5. The Kier molecular flexibility index (Phi) is 4.08. The molecule has 1 aliphatic rings. The maximum atomic E-state index is 11.4. The van der Waals surface area contributed by atoms with Gasteiger partial charge < -0.3 is 14.6 Å². The van der Waals surface area contributed by atoms with Gasteiger partial charge in [0, 0.05) is 12.5 Å². The monoisotopic (exact) mass is 216 g/mol. The van der Waals surface area contributed by atoms with E-state index >= 15 is 0 Å².